The highest BCUT2D eigenvalue weighted by Crippen LogP contribution is 2.07. The monoisotopic (exact) mass is 165 g/mol. The predicted molar refractivity (Wildman–Crippen MR) is 51.9 cm³/mol. The smallest absolute Gasteiger partial charge is 0.0655 e. The van der Waals surface area contributed by atoms with Crippen LogP contribution in [0, 0.1) is 0 Å². The Labute approximate surface area is 72.6 Å². The van der Waals surface area contributed by atoms with E-state index in [0.717, 1.165) is 17.9 Å². The molecular formula is C9H11NS. The number of aryl methyl sites for hydroxylation is 1. The largest absolute Gasteiger partial charge is 0.257 e. The van der Waals surface area contributed by atoms with E-state index >= 15 is 0 Å². The minimum atomic E-state index is 0.854. The molecule has 0 atom stereocenters. The first-order valence-electron chi connectivity index (χ1n) is 3.55. The molecule has 0 amide bonds. The third kappa shape index (κ3) is 2.09. The molecule has 0 bridgehead atoms. The minimum Gasteiger partial charge on any atom is -0.257 e. The quantitative estimate of drug-likeness (QED) is 0.677. The zero-order valence-electron chi connectivity index (χ0n) is 6.33. The summed E-state index contributed by atoms with van der Waals surface area (Å²) in [6.45, 7) is 3.69. The van der Waals surface area contributed by atoms with Crippen LogP contribution < -0.4 is 0 Å². The van der Waals surface area contributed by atoms with Crippen molar-refractivity contribution < 1.29 is 0 Å². The van der Waals surface area contributed by atoms with Gasteiger partial charge < -0.3 is 0 Å². The molecule has 0 aliphatic rings. The molecule has 0 fully saturated rings. The van der Waals surface area contributed by atoms with E-state index in [1.54, 1.807) is 12.3 Å². The number of thiol groups is 1. The summed E-state index contributed by atoms with van der Waals surface area (Å²) in [7, 11) is 0. The second-order valence-corrected chi connectivity index (χ2v) is 2.67. The third-order valence-electron chi connectivity index (χ3n) is 1.50. The number of pyridine rings is 1. The van der Waals surface area contributed by atoms with Gasteiger partial charge in [-0.25, -0.2) is 0 Å². The van der Waals surface area contributed by atoms with Gasteiger partial charge in [0.05, 0.1) is 5.69 Å². The molecule has 0 aliphatic heterocycles. The molecule has 0 aliphatic carbocycles. The van der Waals surface area contributed by atoms with Gasteiger partial charge in [-0.1, -0.05) is 12.6 Å². The fourth-order valence-corrected chi connectivity index (χ4v) is 1.21. The first-order chi connectivity index (χ1) is 5.38. The van der Waals surface area contributed by atoms with E-state index in [0.29, 0.717) is 0 Å². The summed E-state index contributed by atoms with van der Waals surface area (Å²) < 4.78 is 0. The van der Waals surface area contributed by atoms with Crippen LogP contribution in [0.15, 0.2) is 24.9 Å². The van der Waals surface area contributed by atoms with E-state index in [1.165, 1.54) is 5.56 Å². The van der Waals surface area contributed by atoms with E-state index in [2.05, 4.69) is 30.3 Å². The lowest BCUT2D eigenvalue weighted by Crippen LogP contribution is -1.92. The van der Waals surface area contributed by atoms with Crippen LogP contribution in [0.25, 0.3) is 6.08 Å². The number of rotatable bonds is 3. The van der Waals surface area contributed by atoms with Crippen molar-refractivity contribution in [1.29, 1.82) is 0 Å². The normalized spacial score (nSPS) is 9.55. The Kier molecular flexibility index (Phi) is 3.17. The molecule has 1 heterocycles. The molecule has 1 aromatic rings. The van der Waals surface area contributed by atoms with Gasteiger partial charge in [0.25, 0.3) is 0 Å². The molecular weight excluding hydrogens is 154 g/mol. The minimum absolute atomic E-state index is 0.854. The Balaban J connectivity index is 2.92. The lowest BCUT2D eigenvalue weighted by atomic mass is 10.1. The molecule has 0 spiro atoms. The second-order valence-electron chi connectivity index (χ2n) is 2.23. The van der Waals surface area contributed by atoms with Gasteiger partial charge in [-0.3, -0.25) is 4.98 Å². The summed E-state index contributed by atoms with van der Waals surface area (Å²) in [5.41, 5.74) is 2.19. The van der Waals surface area contributed by atoms with Crippen molar-refractivity contribution in [2.45, 2.75) is 6.42 Å². The topological polar surface area (TPSA) is 12.9 Å². The highest BCUT2D eigenvalue weighted by atomic mass is 32.1. The van der Waals surface area contributed by atoms with Crippen LogP contribution in [-0.4, -0.2) is 10.7 Å². The summed E-state index contributed by atoms with van der Waals surface area (Å²) in [6, 6.07) is 3.99. The van der Waals surface area contributed by atoms with Crippen molar-refractivity contribution in [1.82, 2.24) is 4.98 Å². The van der Waals surface area contributed by atoms with Crippen LogP contribution in [0.5, 0.6) is 0 Å². The van der Waals surface area contributed by atoms with Crippen LogP contribution >= 0.6 is 12.6 Å². The molecule has 1 rings (SSSR count). The molecule has 0 N–H and O–H groups in total. The van der Waals surface area contributed by atoms with Crippen LogP contribution in [0.4, 0.5) is 0 Å². The van der Waals surface area contributed by atoms with Gasteiger partial charge in [-0.2, -0.15) is 12.6 Å². The van der Waals surface area contributed by atoms with Crippen molar-refractivity contribution in [3.8, 4) is 0 Å². The molecule has 11 heavy (non-hydrogen) atoms. The standard InChI is InChI=1S/C9H11NS/c1-2-9-8(5-7-11)4-3-6-10-9/h2-4,6,11H,1,5,7H2. The first kappa shape index (κ1) is 8.34. The predicted octanol–water partition coefficient (Wildman–Crippen LogP) is 2.20. The Hall–Kier alpha value is -0.760. The summed E-state index contributed by atoms with van der Waals surface area (Å²) in [4.78, 5) is 4.16. The zero-order chi connectivity index (χ0) is 8.10. The highest BCUT2D eigenvalue weighted by molar-refractivity contribution is 7.80. The Morgan fingerprint density at radius 1 is 1.64 bits per heavy atom. The Morgan fingerprint density at radius 3 is 3.09 bits per heavy atom. The summed E-state index contributed by atoms with van der Waals surface area (Å²) in [5.74, 6) is 0.854. The van der Waals surface area contributed by atoms with Gasteiger partial charge >= 0.3 is 0 Å². The summed E-state index contributed by atoms with van der Waals surface area (Å²) in [6.07, 6.45) is 4.51. The molecule has 58 valence electrons. The molecule has 0 unspecified atom stereocenters. The van der Waals surface area contributed by atoms with Crippen molar-refractivity contribution in [2.75, 3.05) is 5.75 Å². The first-order valence-corrected chi connectivity index (χ1v) is 4.19. The maximum Gasteiger partial charge on any atom is 0.0655 e. The molecule has 0 radical (unpaired) electrons. The molecule has 1 nitrogen and oxygen atoms in total. The molecule has 0 aromatic carbocycles. The van der Waals surface area contributed by atoms with Gasteiger partial charge in [-0.05, 0) is 29.9 Å². The number of hydrogen-bond donors (Lipinski definition) is 1. The summed E-state index contributed by atoms with van der Waals surface area (Å²) >= 11 is 4.16. The van der Waals surface area contributed by atoms with E-state index in [4.69, 9.17) is 0 Å². The van der Waals surface area contributed by atoms with Crippen LogP contribution in [0.3, 0.4) is 0 Å². The second kappa shape index (κ2) is 4.19. The van der Waals surface area contributed by atoms with Gasteiger partial charge in [0, 0.05) is 6.20 Å². The van der Waals surface area contributed by atoms with Gasteiger partial charge in [-0.15, -0.1) is 0 Å². The molecule has 0 saturated carbocycles. The van der Waals surface area contributed by atoms with Crippen molar-refractivity contribution in [3.63, 3.8) is 0 Å². The molecule has 0 saturated heterocycles. The Bertz CT molecular complexity index is 245. The van der Waals surface area contributed by atoms with Crippen LogP contribution in [0.1, 0.15) is 11.3 Å². The molecule has 1 aromatic heterocycles. The number of hydrogen-bond acceptors (Lipinski definition) is 2. The average Bonchev–Trinajstić information content (AvgIpc) is 2.06. The Morgan fingerprint density at radius 2 is 2.45 bits per heavy atom. The van der Waals surface area contributed by atoms with Gasteiger partial charge in [0.15, 0.2) is 0 Å². The highest BCUT2D eigenvalue weighted by Gasteiger charge is 1.96. The summed E-state index contributed by atoms with van der Waals surface area (Å²) in [5, 5.41) is 0. The van der Waals surface area contributed by atoms with E-state index in [-0.39, 0.29) is 0 Å². The van der Waals surface area contributed by atoms with Crippen molar-refractivity contribution in [3.05, 3.63) is 36.2 Å². The lowest BCUT2D eigenvalue weighted by molar-refractivity contribution is 1.11. The number of aromatic nitrogens is 1. The SMILES string of the molecule is C=Cc1ncccc1CCS. The van der Waals surface area contributed by atoms with Gasteiger partial charge in [0.2, 0.25) is 0 Å². The molecule has 2 heteroatoms. The fraction of sp³-hybridized carbons (Fsp3) is 0.222. The van der Waals surface area contributed by atoms with Crippen molar-refractivity contribution in [2.24, 2.45) is 0 Å². The average molecular weight is 165 g/mol. The maximum absolute atomic E-state index is 4.16. The zero-order valence-corrected chi connectivity index (χ0v) is 7.22. The van der Waals surface area contributed by atoms with Crippen LogP contribution in [0.2, 0.25) is 0 Å². The number of nitrogens with zero attached hydrogens (tertiary/aromatic N) is 1. The van der Waals surface area contributed by atoms with Crippen molar-refractivity contribution >= 4 is 18.7 Å². The van der Waals surface area contributed by atoms with E-state index < -0.39 is 0 Å². The fourth-order valence-electron chi connectivity index (χ4n) is 0.966. The maximum atomic E-state index is 4.16. The van der Waals surface area contributed by atoms with Crippen LogP contribution in [-0.2, 0) is 6.42 Å². The lowest BCUT2D eigenvalue weighted by Gasteiger charge is -2.00. The van der Waals surface area contributed by atoms with E-state index in [1.807, 2.05) is 6.07 Å². The third-order valence-corrected chi connectivity index (χ3v) is 1.72. The van der Waals surface area contributed by atoms with E-state index in [9.17, 15) is 0 Å². The van der Waals surface area contributed by atoms with Gasteiger partial charge in [0.1, 0.15) is 0 Å².